The molecule has 0 spiro atoms. The van der Waals surface area contributed by atoms with Crippen LogP contribution in [0, 0.1) is 5.92 Å². The second-order valence-corrected chi connectivity index (χ2v) is 5.81. The summed E-state index contributed by atoms with van der Waals surface area (Å²) in [6.07, 6.45) is 8.37. The van der Waals surface area contributed by atoms with Crippen LogP contribution in [0.5, 0.6) is 0 Å². The Morgan fingerprint density at radius 1 is 1.28 bits per heavy atom. The zero-order valence-electron chi connectivity index (χ0n) is 12.3. The highest BCUT2D eigenvalue weighted by atomic mass is 16.6. The number of carbonyl (C=O) groups is 1. The molecule has 0 saturated carbocycles. The predicted molar refractivity (Wildman–Crippen MR) is 74.7 cm³/mol. The molecule has 0 aromatic rings. The monoisotopic (exact) mass is 255 g/mol. The summed E-state index contributed by atoms with van der Waals surface area (Å²) in [6, 6.07) is 0.332. The molecule has 1 aliphatic rings. The number of hydrogen-bond acceptors (Lipinski definition) is 2. The Hall–Kier alpha value is -0.730. The zero-order valence-corrected chi connectivity index (χ0v) is 12.3. The van der Waals surface area contributed by atoms with Gasteiger partial charge in [-0.3, -0.25) is 0 Å². The highest BCUT2D eigenvalue weighted by molar-refractivity contribution is 5.70. The number of ether oxygens (including phenoxy) is 1. The van der Waals surface area contributed by atoms with Gasteiger partial charge in [0.15, 0.2) is 0 Å². The van der Waals surface area contributed by atoms with E-state index in [0.717, 1.165) is 31.7 Å². The van der Waals surface area contributed by atoms with Crippen LogP contribution in [-0.4, -0.2) is 30.2 Å². The van der Waals surface area contributed by atoms with E-state index in [0.29, 0.717) is 12.6 Å². The van der Waals surface area contributed by atoms with Gasteiger partial charge in [-0.1, -0.05) is 52.9 Å². The van der Waals surface area contributed by atoms with Gasteiger partial charge in [0.25, 0.3) is 0 Å². The molecule has 1 amide bonds. The highest BCUT2D eigenvalue weighted by Crippen LogP contribution is 2.18. The molecule has 0 aromatic carbocycles. The molecule has 0 radical (unpaired) electrons. The predicted octanol–water partition coefficient (Wildman–Crippen LogP) is 4.21. The molecule has 0 N–H and O–H groups in total. The number of amides is 1. The van der Waals surface area contributed by atoms with Crippen molar-refractivity contribution in [3.63, 3.8) is 0 Å². The third kappa shape index (κ3) is 5.28. The number of rotatable bonds is 9. The summed E-state index contributed by atoms with van der Waals surface area (Å²) < 4.78 is 5.13. The minimum atomic E-state index is -0.101. The van der Waals surface area contributed by atoms with E-state index in [4.69, 9.17) is 4.74 Å². The van der Waals surface area contributed by atoms with Crippen molar-refractivity contribution in [1.29, 1.82) is 0 Å². The van der Waals surface area contributed by atoms with E-state index in [9.17, 15) is 4.79 Å². The number of nitrogens with zero attached hydrogens (tertiary/aromatic N) is 1. The van der Waals surface area contributed by atoms with Gasteiger partial charge in [-0.15, -0.1) is 0 Å². The Balaban J connectivity index is 2.11. The smallest absolute Gasteiger partial charge is 0.410 e. The molecule has 1 fully saturated rings. The average molecular weight is 255 g/mol. The van der Waals surface area contributed by atoms with Crippen molar-refractivity contribution in [2.45, 2.75) is 71.8 Å². The minimum absolute atomic E-state index is 0.101. The van der Waals surface area contributed by atoms with Gasteiger partial charge < -0.3 is 9.64 Å². The van der Waals surface area contributed by atoms with Gasteiger partial charge in [-0.25, -0.2) is 4.79 Å². The highest BCUT2D eigenvalue weighted by Gasteiger charge is 2.31. The molecular formula is C15H29NO2. The maximum absolute atomic E-state index is 11.6. The summed E-state index contributed by atoms with van der Waals surface area (Å²) in [5.74, 6) is 0.812. The molecule has 3 nitrogen and oxygen atoms in total. The zero-order chi connectivity index (χ0) is 13.4. The maximum atomic E-state index is 11.6. The lowest BCUT2D eigenvalue weighted by Gasteiger charge is -2.20. The molecule has 0 bridgehead atoms. The minimum Gasteiger partial charge on any atom is -0.447 e. The summed E-state index contributed by atoms with van der Waals surface area (Å²) in [4.78, 5) is 13.5. The van der Waals surface area contributed by atoms with E-state index in [2.05, 4.69) is 20.8 Å². The first-order valence-electron chi connectivity index (χ1n) is 7.58. The second-order valence-electron chi connectivity index (χ2n) is 5.81. The van der Waals surface area contributed by atoms with Crippen molar-refractivity contribution >= 4 is 6.09 Å². The molecule has 0 aliphatic carbocycles. The summed E-state index contributed by atoms with van der Waals surface area (Å²) in [5.41, 5.74) is 0. The Kier molecular flexibility index (Phi) is 7.14. The number of hydrogen-bond donors (Lipinski definition) is 0. The van der Waals surface area contributed by atoms with E-state index in [-0.39, 0.29) is 6.09 Å². The number of cyclic esters (lactones) is 1. The van der Waals surface area contributed by atoms with Crippen LogP contribution in [0.2, 0.25) is 0 Å². The molecule has 1 heterocycles. The summed E-state index contributed by atoms with van der Waals surface area (Å²) in [6.45, 7) is 8.18. The van der Waals surface area contributed by atoms with Crippen molar-refractivity contribution in [2.75, 3.05) is 13.2 Å². The molecule has 3 heteroatoms. The van der Waals surface area contributed by atoms with Crippen molar-refractivity contribution in [3.05, 3.63) is 0 Å². The van der Waals surface area contributed by atoms with Crippen molar-refractivity contribution < 1.29 is 9.53 Å². The SMILES string of the molecule is CCCC1COC(=O)N1CCCCCCC(C)C. The van der Waals surface area contributed by atoms with E-state index >= 15 is 0 Å². The van der Waals surface area contributed by atoms with E-state index in [1.54, 1.807) is 0 Å². The molecule has 106 valence electrons. The standard InChI is InChI=1S/C15H29NO2/c1-4-9-14-12-18-15(17)16(14)11-8-6-5-7-10-13(2)3/h13-14H,4-12H2,1-3H3. The molecule has 0 aromatic heterocycles. The third-order valence-corrected chi connectivity index (χ3v) is 3.63. The first kappa shape index (κ1) is 15.3. The Labute approximate surface area is 112 Å². The number of unbranched alkanes of at least 4 members (excludes halogenated alkanes) is 3. The fourth-order valence-electron chi connectivity index (χ4n) is 2.52. The Morgan fingerprint density at radius 2 is 2.00 bits per heavy atom. The quantitative estimate of drug-likeness (QED) is 0.577. The van der Waals surface area contributed by atoms with Crippen molar-refractivity contribution in [2.24, 2.45) is 5.92 Å². The van der Waals surface area contributed by atoms with Crippen LogP contribution in [-0.2, 0) is 4.74 Å². The van der Waals surface area contributed by atoms with Crippen molar-refractivity contribution in [1.82, 2.24) is 4.90 Å². The van der Waals surface area contributed by atoms with Crippen molar-refractivity contribution in [3.8, 4) is 0 Å². The molecule has 1 saturated heterocycles. The normalized spacial score (nSPS) is 19.7. The first-order valence-corrected chi connectivity index (χ1v) is 7.58. The lowest BCUT2D eigenvalue weighted by molar-refractivity contribution is 0.157. The van der Waals surface area contributed by atoms with Gasteiger partial charge in [0.05, 0.1) is 6.04 Å². The van der Waals surface area contributed by atoms with Gasteiger partial charge in [0.1, 0.15) is 6.61 Å². The average Bonchev–Trinajstić information content (AvgIpc) is 2.66. The summed E-state index contributed by atoms with van der Waals surface area (Å²) in [7, 11) is 0. The van der Waals surface area contributed by atoms with E-state index < -0.39 is 0 Å². The largest absolute Gasteiger partial charge is 0.447 e. The Bertz CT molecular complexity index is 241. The lowest BCUT2D eigenvalue weighted by atomic mass is 10.0. The molecule has 1 unspecified atom stereocenters. The van der Waals surface area contributed by atoms with Crippen LogP contribution < -0.4 is 0 Å². The van der Waals surface area contributed by atoms with Gasteiger partial charge in [0, 0.05) is 6.54 Å². The van der Waals surface area contributed by atoms with Gasteiger partial charge >= 0.3 is 6.09 Å². The van der Waals surface area contributed by atoms with Gasteiger partial charge in [-0.2, -0.15) is 0 Å². The fourth-order valence-corrected chi connectivity index (χ4v) is 2.52. The summed E-state index contributed by atoms with van der Waals surface area (Å²) >= 11 is 0. The maximum Gasteiger partial charge on any atom is 0.410 e. The van der Waals surface area contributed by atoms with Crippen LogP contribution in [0.4, 0.5) is 4.79 Å². The van der Waals surface area contributed by atoms with E-state index in [1.165, 1.54) is 25.7 Å². The number of carbonyl (C=O) groups excluding carboxylic acids is 1. The fraction of sp³-hybridized carbons (Fsp3) is 0.933. The lowest BCUT2D eigenvalue weighted by Crippen LogP contribution is -2.34. The first-order chi connectivity index (χ1) is 8.65. The molecule has 18 heavy (non-hydrogen) atoms. The van der Waals surface area contributed by atoms with Gasteiger partial charge in [0.2, 0.25) is 0 Å². The van der Waals surface area contributed by atoms with Crippen LogP contribution in [0.25, 0.3) is 0 Å². The third-order valence-electron chi connectivity index (χ3n) is 3.63. The topological polar surface area (TPSA) is 29.5 Å². The summed E-state index contributed by atoms with van der Waals surface area (Å²) in [5, 5.41) is 0. The molecule has 1 atom stereocenters. The van der Waals surface area contributed by atoms with Crippen LogP contribution >= 0.6 is 0 Å². The van der Waals surface area contributed by atoms with Crippen LogP contribution in [0.1, 0.15) is 65.7 Å². The molecule has 1 rings (SSSR count). The van der Waals surface area contributed by atoms with Gasteiger partial charge in [-0.05, 0) is 18.8 Å². The second kappa shape index (κ2) is 8.39. The van der Waals surface area contributed by atoms with Crippen LogP contribution in [0.15, 0.2) is 0 Å². The molecular weight excluding hydrogens is 226 g/mol. The Morgan fingerprint density at radius 3 is 2.67 bits per heavy atom. The van der Waals surface area contributed by atoms with Crippen LogP contribution in [0.3, 0.4) is 0 Å². The molecule has 1 aliphatic heterocycles. The van der Waals surface area contributed by atoms with E-state index in [1.807, 2.05) is 4.90 Å².